The fraction of sp³-hybridized carbons (Fsp3) is 0.333. The molecule has 1 aromatic heterocycles. The molecule has 1 amide bonds. The first kappa shape index (κ1) is 17.6. The van der Waals surface area contributed by atoms with E-state index in [0.29, 0.717) is 18.0 Å². The molecule has 0 spiro atoms. The Morgan fingerprint density at radius 1 is 1.21 bits per heavy atom. The van der Waals surface area contributed by atoms with Gasteiger partial charge >= 0.3 is 6.09 Å². The Labute approximate surface area is 142 Å². The molecule has 2 aromatic rings. The summed E-state index contributed by atoms with van der Waals surface area (Å²) >= 11 is 0. The number of carbonyl (C=O) groups excluding carboxylic acids is 1. The van der Waals surface area contributed by atoms with E-state index in [1.165, 1.54) is 0 Å². The lowest BCUT2D eigenvalue weighted by Crippen LogP contribution is -2.27. The number of hydrogen-bond acceptors (Lipinski definition) is 5. The van der Waals surface area contributed by atoms with Crippen molar-refractivity contribution in [1.82, 2.24) is 4.98 Å². The van der Waals surface area contributed by atoms with Gasteiger partial charge < -0.3 is 14.8 Å². The Kier molecular flexibility index (Phi) is 5.63. The van der Waals surface area contributed by atoms with Crippen molar-refractivity contribution >= 4 is 17.5 Å². The zero-order valence-electron chi connectivity index (χ0n) is 14.4. The number of anilines is 2. The van der Waals surface area contributed by atoms with Crippen LogP contribution in [0, 0.1) is 0 Å². The molecule has 0 fully saturated rings. The molecule has 0 aliphatic rings. The minimum absolute atomic E-state index is 0.503. The minimum Gasteiger partial charge on any atom is -0.497 e. The predicted molar refractivity (Wildman–Crippen MR) is 94.4 cm³/mol. The molecular weight excluding hydrogens is 306 g/mol. The smallest absolute Gasteiger partial charge is 0.412 e. The third-order valence-corrected chi connectivity index (χ3v) is 3.07. The molecule has 1 heterocycles. The van der Waals surface area contributed by atoms with Crippen LogP contribution in [0.5, 0.6) is 5.75 Å². The molecule has 24 heavy (non-hydrogen) atoms. The summed E-state index contributed by atoms with van der Waals surface area (Å²) in [5, 5.41) is 6.04. The van der Waals surface area contributed by atoms with Crippen molar-refractivity contribution in [3.63, 3.8) is 0 Å². The van der Waals surface area contributed by atoms with Crippen LogP contribution in [0.4, 0.5) is 16.2 Å². The summed E-state index contributed by atoms with van der Waals surface area (Å²) in [5.74, 6) is 0.693. The molecule has 0 atom stereocenters. The first-order chi connectivity index (χ1) is 11.4. The summed E-state index contributed by atoms with van der Waals surface area (Å²) in [7, 11) is 1.60. The average molecular weight is 329 g/mol. The summed E-state index contributed by atoms with van der Waals surface area (Å²) in [5.41, 5.74) is 1.83. The minimum atomic E-state index is -0.556. The van der Waals surface area contributed by atoms with E-state index < -0.39 is 11.7 Å². The zero-order chi connectivity index (χ0) is 17.6. The third kappa shape index (κ3) is 5.46. The lowest BCUT2D eigenvalue weighted by molar-refractivity contribution is 0.0636. The Hall–Kier alpha value is -2.76. The van der Waals surface area contributed by atoms with Gasteiger partial charge in [-0.2, -0.15) is 0 Å². The van der Waals surface area contributed by atoms with Crippen molar-refractivity contribution in [3.8, 4) is 5.75 Å². The first-order valence-electron chi connectivity index (χ1n) is 7.68. The van der Waals surface area contributed by atoms with Gasteiger partial charge in [0.05, 0.1) is 18.5 Å². The Morgan fingerprint density at radius 2 is 2.00 bits per heavy atom. The highest BCUT2D eigenvalue weighted by molar-refractivity contribution is 5.90. The van der Waals surface area contributed by atoms with Crippen LogP contribution in [0.15, 0.2) is 42.7 Å². The van der Waals surface area contributed by atoms with Crippen LogP contribution in [0.25, 0.3) is 0 Å². The lowest BCUT2D eigenvalue weighted by atomic mass is 10.2. The van der Waals surface area contributed by atoms with Crippen LogP contribution in [-0.4, -0.2) is 23.8 Å². The highest BCUT2D eigenvalue weighted by Gasteiger charge is 2.17. The number of nitrogens with zero attached hydrogens (tertiary/aromatic N) is 1. The van der Waals surface area contributed by atoms with Crippen LogP contribution < -0.4 is 15.4 Å². The van der Waals surface area contributed by atoms with Gasteiger partial charge in [0.25, 0.3) is 0 Å². The average Bonchev–Trinajstić information content (AvgIpc) is 2.53. The van der Waals surface area contributed by atoms with Gasteiger partial charge in [0, 0.05) is 25.0 Å². The van der Waals surface area contributed by atoms with Crippen molar-refractivity contribution in [1.29, 1.82) is 0 Å². The van der Waals surface area contributed by atoms with Gasteiger partial charge in [0.2, 0.25) is 0 Å². The number of carbonyl (C=O) groups is 1. The van der Waals surface area contributed by atoms with Gasteiger partial charge in [-0.15, -0.1) is 0 Å². The van der Waals surface area contributed by atoms with E-state index in [1.54, 1.807) is 31.6 Å². The summed E-state index contributed by atoms with van der Waals surface area (Å²) in [4.78, 5) is 16.1. The SMILES string of the molecule is COc1ccc(NC(=O)OC(C)(C)C)c(NCc2cccnc2)c1. The number of aromatic nitrogens is 1. The lowest BCUT2D eigenvalue weighted by Gasteiger charge is -2.21. The van der Waals surface area contributed by atoms with Crippen LogP contribution in [0.1, 0.15) is 26.3 Å². The Bertz CT molecular complexity index is 682. The van der Waals surface area contributed by atoms with E-state index in [-0.39, 0.29) is 0 Å². The number of methoxy groups -OCH3 is 1. The van der Waals surface area contributed by atoms with Gasteiger partial charge in [-0.3, -0.25) is 10.3 Å². The molecule has 0 bridgehead atoms. The van der Waals surface area contributed by atoms with Crippen molar-refractivity contribution < 1.29 is 14.3 Å². The summed E-state index contributed by atoms with van der Waals surface area (Å²) in [6.45, 7) is 6.04. The monoisotopic (exact) mass is 329 g/mol. The van der Waals surface area contributed by atoms with E-state index in [9.17, 15) is 4.79 Å². The van der Waals surface area contributed by atoms with Crippen LogP contribution in [0.3, 0.4) is 0 Å². The molecule has 1 aromatic carbocycles. The van der Waals surface area contributed by atoms with E-state index in [0.717, 1.165) is 11.3 Å². The summed E-state index contributed by atoms with van der Waals surface area (Å²) in [6, 6.07) is 9.23. The second-order valence-electron chi connectivity index (χ2n) is 6.25. The fourth-order valence-electron chi connectivity index (χ4n) is 2.02. The number of rotatable bonds is 5. The highest BCUT2D eigenvalue weighted by Crippen LogP contribution is 2.28. The number of pyridine rings is 1. The number of amides is 1. The molecule has 0 saturated carbocycles. The molecule has 0 aliphatic heterocycles. The van der Waals surface area contributed by atoms with Crippen molar-refractivity contribution in [3.05, 3.63) is 48.3 Å². The van der Waals surface area contributed by atoms with E-state index >= 15 is 0 Å². The molecule has 0 saturated heterocycles. The Balaban J connectivity index is 2.13. The maximum atomic E-state index is 12.0. The van der Waals surface area contributed by atoms with E-state index in [4.69, 9.17) is 9.47 Å². The van der Waals surface area contributed by atoms with Gasteiger partial charge in [0.15, 0.2) is 0 Å². The van der Waals surface area contributed by atoms with Gasteiger partial charge in [-0.25, -0.2) is 4.79 Å². The molecular formula is C18H23N3O3. The Morgan fingerprint density at radius 3 is 2.62 bits per heavy atom. The van der Waals surface area contributed by atoms with Gasteiger partial charge in [-0.05, 0) is 44.5 Å². The summed E-state index contributed by atoms with van der Waals surface area (Å²) < 4.78 is 10.5. The first-order valence-corrected chi connectivity index (χ1v) is 7.68. The van der Waals surface area contributed by atoms with E-state index in [2.05, 4.69) is 15.6 Å². The molecule has 2 rings (SSSR count). The van der Waals surface area contributed by atoms with Crippen LogP contribution >= 0.6 is 0 Å². The van der Waals surface area contributed by atoms with Crippen LogP contribution in [0.2, 0.25) is 0 Å². The number of ether oxygens (including phenoxy) is 2. The highest BCUT2D eigenvalue weighted by atomic mass is 16.6. The zero-order valence-corrected chi connectivity index (χ0v) is 14.4. The number of nitrogens with one attached hydrogen (secondary N) is 2. The molecule has 6 heteroatoms. The second-order valence-corrected chi connectivity index (χ2v) is 6.25. The molecule has 2 N–H and O–H groups in total. The van der Waals surface area contributed by atoms with Gasteiger partial charge in [0.1, 0.15) is 11.4 Å². The van der Waals surface area contributed by atoms with Crippen LogP contribution in [-0.2, 0) is 11.3 Å². The number of benzene rings is 1. The standard InChI is InChI=1S/C18H23N3O3/c1-18(2,3)24-17(22)21-15-8-7-14(23-4)10-16(15)20-12-13-6-5-9-19-11-13/h5-11,20H,12H2,1-4H3,(H,21,22). The van der Waals surface area contributed by atoms with Crippen molar-refractivity contribution in [2.24, 2.45) is 0 Å². The quantitative estimate of drug-likeness (QED) is 0.866. The third-order valence-electron chi connectivity index (χ3n) is 3.07. The summed E-state index contributed by atoms with van der Waals surface area (Å²) in [6.07, 6.45) is 3.01. The maximum Gasteiger partial charge on any atom is 0.412 e. The normalized spacial score (nSPS) is 10.8. The topological polar surface area (TPSA) is 72.5 Å². The fourth-order valence-corrected chi connectivity index (χ4v) is 2.02. The van der Waals surface area contributed by atoms with Crippen molar-refractivity contribution in [2.45, 2.75) is 32.9 Å². The van der Waals surface area contributed by atoms with E-state index in [1.807, 2.05) is 39.0 Å². The predicted octanol–water partition coefficient (Wildman–Crippen LogP) is 4.05. The molecule has 128 valence electrons. The molecule has 6 nitrogen and oxygen atoms in total. The molecule has 0 radical (unpaired) electrons. The van der Waals surface area contributed by atoms with Gasteiger partial charge in [-0.1, -0.05) is 6.07 Å². The second kappa shape index (κ2) is 7.68. The molecule has 0 unspecified atom stereocenters. The number of hydrogen-bond donors (Lipinski definition) is 2. The largest absolute Gasteiger partial charge is 0.497 e. The van der Waals surface area contributed by atoms with Crippen molar-refractivity contribution in [2.75, 3.05) is 17.7 Å². The molecule has 0 aliphatic carbocycles. The maximum absolute atomic E-state index is 12.0.